The number of alkyl halides is 9. The fourth-order valence-corrected chi connectivity index (χ4v) is 2.37. The largest absolute Gasteiger partial charge is 0.573 e. The second kappa shape index (κ2) is 9.77. The molecule has 0 aliphatic heterocycles. The first-order valence-electron chi connectivity index (χ1n) is 7.46. The Morgan fingerprint density at radius 1 is 0.710 bits per heavy atom. The molecule has 170 valence electrons. The molecule has 0 radical (unpaired) electrons. The molecule has 0 unspecified atom stereocenters. The highest BCUT2D eigenvalue weighted by molar-refractivity contribution is 6.68. The van der Waals surface area contributed by atoms with E-state index in [2.05, 4.69) is 4.74 Å². The van der Waals surface area contributed by atoms with Crippen LogP contribution < -0.4 is 4.74 Å². The first-order valence-corrected chi connectivity index (χ1v) is 8.22. The highest BCUT2D eigenvalue weighted by atomic mass is 35.5. The van der Waals surface area contributed by atoms with Crippen molar-refractivity contribution >= 4 is 33.7 Å². The lowest BCUT2D eigenvalue weighted by Gasteiger charge is -2.15. The minimum Gasteiger partial charge on any atom is -0.406 e. The van der Waals surface area contributed by atoms with Gasteiger partial charge in [0.1, 0.15) is 5.75 Å². The molecular weight excluding hydrogens is 494 g/mol. The summed E-state index contributed by atoms with van der Waals surface area (Å²) in [5.74, 6) is -0.469. The van der Waals surface area contributed by atoms with Crippen molar-refractivity contribution in [2.75, 3.05) is 0 Å². The molecule has 31 heavy (non-hydrogen) atoms. The number of hydrogen-bond acceptors (Lipinski definition) is 3. The molecule has 0 fully saturated rings. The summed E-state index contributed by atoms with van der Waals surface area (Å²) in [6, 6.07) is 5.83. The third kappa shape index (κ3) is 8.29. The summed E-state index contributed by atoms with van der Waals surface area (Å²) in [5.41, 5.74) is -5.03. The van der Waals surface area contributed by atoms with Gasteiger partial charge in [0.05, 0.1) is 16.7 Å². The SMILES string of the molecule is O=C(Cl)c1c(C(F)(F)F)cccc1C(F)(F)F.O=C(Cl)c1cccc(OC(F)(F)F)c1. The highest BCUT2D eigenvalue weighted by Gasteiger charge is 2.42. The van der Waals surface area contributed by atoms with Crippen LogP contribution >= 0.6 is 23.2 Å². The summed E-state index contributed by atoms with van der Waals surface area (Å²) < 4.78 is 113. The maximum atomic E-state index is 12.4. The number of carbonyl (C=O) groups is 2. The molecule has 0 aromatic heterocycles. The van der Waals surface area contributed by atoms with E-state index in [1.54, 1.807) is 0 Å². The highest BCUT2D eigenvalue weighted by Crippen LogP contribution is 2.39. The van der Waals surface area contributed by atoms with Gasteiger partial charge in [-0.1, -0.05) is 12.1 Å². The van der Waals surface area contributed by atoms with Gasteiger partial charge in [-0.15, -0.1) is 13.2 Å². The third-order valence-corrected chi connectivity index (χ3v) is 3.57. The van der Waals surface area contributed by atoms with Crippen molar-refractivity contribution in [1.29, 1.82) is 0 Å². The number of rotatable bonds is 3. The molecular formula is C17H7Cl2F9O3. The summed E-state index contributed by atoms with van der Waals surface area (Å²) in [7, 11) is 0. The van der Waals surface area contributed by atoms with Crippen LogP contribution in [0, 0.1) is 0 Å². The molecule has 0 saturated heterocycles. The predicted molar refractivity (Wildman–Crippen MR) is 89.9 cm³/mol. The van der Waals surface area contributed by atoms with Gasteiger partial charge in [0.2, 0.25) is 0 Å². The molecule has 0 amide bonds. The standard InChI is InChI=1S/C9H3ClF6O.C8H4ClF3O2/c10-7(17)6-4(8(11,12)13)2-1-3-5(6)9(14,15)16;9-7(13)5-2-1-3-6(4-5)14-8(10,11)12/h1-3H;1-4H. The number of ether oxygens (including phenoxy) is 1. The van der Waals surface area contributed by atoms with Crippen molar-refractivity contribution in [3.8, 4) is 5.75 Å². The van der Waals surface area contributed by atoms with Crippen LogP contribution in [0.4, 0.5) is 39.5 Å². The number of hydrogen-bond donors (Lipinski definition) is 0. The van der Waals surface area contributed by atoms with Crippen LogP contribution in [-0.4, -0.2) is 16.8 Å². The lowest BCUT2D eigenvalue weighted by atomic mass is 10.0. The predicted octanol–water partition coefficient (Wildman–Crippen LogP) is 7.07. The minimum atomic E-state index is -5.08. The maximum absolute atomic E-state index is 12.4. The molecule has 14 heteroatoms. The fourth-order valence-electron chi connectivity index (χ4n) is 2.05. The van der Waals surface area contributed by atoms with Gasteiger partial charge < -0.3 is 4.74 Å². The Bertz CT molecular complexity index is 919. The zero-order valence-corrected chi connectivity index (χ0v) is 15.9. The topological polar surface area (TPSA) is 43.4 Å². The smallest absolute Gasteiger partial charge is 0.406 e. The molecule has 0 saturated carbocycles. The van der Waals surface area contributed by atoms with E-state index in [-0.39, 0.29) is 5.56 Å². The van der Waals surface area contributed by atoms with Crippen LogP contribution in [0.3, 0.4) is 0 Å². The van der Waals surface area contributed by atoms with Crippen LogP contribution in [0.25, 0.3) is 0 Å². The molecule has 0 bridgehead atoms. The third-order valence-electron chi connectivity index (χ3n) is 3.17. The Kier molecular flexibility index (Phi) is 8.37. The van der Waals surface area contributed by atoms with Crippen LogP contribution in [0.1, 0.15) is 31.8 Å². The van der Waals surface area contributed by atoms with Crippen LogP contribution in [-0.2, 0) is 12.4 Å². The van der Waals surface area contributed by atoms with Gasteiger partial charge in [0.25, 0.3) is 10.5 Å². The van der Waals surface area contributed by atoms with Crippen molar-refractivity contribution < 1.29 is 53.8 Å². The molecule has 0 aliphatic rings. The minimum absolute atomic E-state index is 0.0478. The Morgan fingerprint density at radius 2 is 1.16 bits per heavy atom. The van der Waals surface area contributed by atoms with Gasteiger partial charge in [-0.3, -0.25) is 9.59 Å². The van der Waals surface area contributed by atoms with Crippen molar-refractivity contribution in [2.45, 2.75) is 18.7 Å². The van der Waals surface area contributed by atoms with Gasteiger partial charge in [-0.25, -0.2) is 0 Å². The monoisotopic (exact) mass is 500 g/mol. The summed E-state index contributed by atoms with van der Waals surface area (Å²) in [4.78, 5) is 21.3. The molecule has 0 spiro atoms. The first-order chi connectivity index (χ1) is 13.9. The molecule has 0 N–H and O–H groups in total. The number of carbonyl (C=O) groups excluding carboxylic acids is 2. The lowest BCUT2D eigenvalue weighted by molar-refractivity contribution is -0.274. The lowest BCUT2D eigenvalue weighted by Crippen LogP contribution is -2.18. The van der Waals surface area contributed by atoms with E-state index in [1.807, 2.05) is 0 Å². The van der Waals surface area contributed by atoms with Crippen molar-refractivity contribution in [1.82, 2.24) is 0 Å². The molecule has 0 atom stereocenters. The fraction of sp³-hybridized carbons (Fsp3) is 0.176. The zero-order chi connectivity index (χ0) is 24.2. The van der Waals surface area contributed by atoms with Crippen molar-refractivity contribution in [3.63, 3.8) is 0 Å². The average Bonchev–Trinajstić information content (AvgIpc) is 2.58. The molecule has 0 heterocycles. The van der Waals surface area contributed by atoms with E-state index in [0.717, 1.165) is 12.1 Å². The molecule has 2 aromatic carbocycles. The van der Waals surface area contributed by atoms with Gasteiger partial charge in [-0.2, -0.15) is 26.3 Å². The maximum Gasteiger partial charge on any atom is 0.573 e. The van der Waals surface area contributed by atoms with Crippen LogP contribution in [0.15, 0.2) is 42.5 Å². The van der Waals surface area contributed by atoms with Gasteiger partial charge in [0.15, 0.2) is 0 Å². The van der Waals surface area contributed by atoms with E-state index in [0.29, 0.717) is 18.2 Å². The molecule has 0 aliphatic carbocycles. The summed E-state index contributed by atoms with van der Waals surface area (Å²) in [6.45, 7) is 0. The van der Waals surface area contributed by atoms with E-state index in [9.17, 15) is 49.1 Å². The van der Waals surface area contributed by atoms with Crippen molar-refractivity contribution in [2.24, 2.45) is 0 Å². The number of benzene rings is 2. The van der Waals surface area contributed by atoms with Gasteiger partial charge in [-0.05, 0) is 53.5 Å². The van der Waals surface area contributed by atoms with Gasteiger partial charge in [0, 0.05) is 5.56 Å². The quantitative estimate of drug-likeness (QED) is 0.334. The van der Waals surface area contributed by atoms with E-state index in [1.165, 1.54) is 12.1 Å². The van der Waals surface area contributed by atoms with E-state index >= 15 is 0 Å². The Hall–Kier alpha value is -2.47. The Labute approximate surface area is 177 Å². The second-order valence-electron chi connectivity index (χ2n) is 5.35. The normalized spacial score (nSPS) is 12.0. The van der Waals surface area contributed by atoms with Crippen molar-refractivity contribution in [3.05, 3.63) is 64.7 Å². The van der Waals surface area contributed by atoms with Crippen LogP contribution in [0.5, 0.6) is 5.75 Å². The summed E-state index contributed by atoms with van der Waals surface area (Å²) in [6.07, 6.45) is -14.9. The second-order valence-corrected chi connectivity index (χ2v) is 6.03. The molecule has 3 nitrogen and oxygen atoms in total. The Morgan fingerprint density at radius 3 is 1.52 bits per heavy atom. The zero-order valence-electron chi connectivity index (χ0n) is 14.4. The average molecular weight is 501 g/mol. The molecule has 2 rings (SSSR count). The van der Waals surface area contributed by atoms with Gasteiger partial charge >= 0.3 is 18.7 Å². The molecule has 2 aromatic rings. The first kappa shape index (κ1) is 26.6. The summed E-state index contributed by atoms with van der Waals surface area (Å²) >= 11 is 9.86. The van der Waals surface area contributed by atoms with E-state index < -0.39 is 51.6 Å². The van der Waals surface area contributed by atoms with E-state index in [4.69, 9.17) is 23.2 Å². The Balaban J connectivity index is 0.000000316. The number of halogens is 11. The summed E-state index contributed by atoms with van der Waals surface area (Å²) in [5, 5.41) is -2.64. The van der Waals surface area contributed by atoms with Crippen LogP contribution in [0.2, 0.25) is 0 Å².